The Morgan fingerprint density at radius 2 is 1.89 bits per heavy atom. The fourth-order valence-corrected chi connectivity index (χ4v) is 3.63. The molecular weight excluding hydrogens is 350 g/mol. The van der Waals surface area contributed by atoms with Crippen LogP contribution in [-0.2, 0) is 0 Å². The van der Waals surface area contributed by atoms with Gasteiger partial charge in [0.2, 0.25) is 6.79 Å². The first-order chi connectivity index (χ1) is 13.7. The van der Waals surface area contributed by atoms with Crippen LogP contribution in [0.5, 0.6) is 11.5 Å². The summed E-state index contributed by atoms with van der Waals surface area (Å²) in [7, 11) is 0. The maximum atomic E-state index is 5.43. The van der Waals surface area contributed by atoms with E-state index in [-0.39, 0.29) is 6.79 Å². The predicted molar refractivity (Wildman–Crippen MR) is 110 cm³/mol. The highest BCUT2D eigenvalue weighted by atomic mass is 16.7. The summed E-state index contributed by atoms with van der Waals surface area (Å²) in [5, 5.41) is 1.13. The zero-order valence-electron chi connectivity index (χ0n) is 15.7. The Hall–Kier alpha value is -3.60. The quantitative estimate of drug-likeness (QED) is 0.471. The highest BCUT2D eigenvalue weighted by Gasteiger charge is 2.13. The van der Waals surface area contributed by atoms with Gasteiger partial charge in [0.15, 0.2) is 11.5 Å². The average Bonchev–Trinajstić information content (AvgIpc) is 3.29. The molecule has 2 aromatic heterocycles. The molecular formula is C23H19N3O2. The van der Waals surface area contributed by atoms with Gasteiger partial charge >= 0.3 is 0 Å². The number of ether oxygens (including phenoxy) is 2. The van der Waals surface area contributed by atoms with E-state index in [9.17, 15) is 0 Å². The molecule has 0 saturated heterocycles. The summed E-state index contributed by atoms with van der Waals surface area (Å²) in [6.07, 6.45) is 3.72. The fourth-order valence-electron chi connectivity index (χ4n) is 3.63. The van der Waals surface area contributed by atoms with E-state index >= 15 is 0 Å². The Morgan fingerprint density at radius 1 is 1.00 bits per heavy atom. The van der Waals surface area contributed by atoms with E-state index in [4.69, 9.17) is 9.47 Å². The SMILES string of the molecule is Cc1cc(C=Nc2ccc3c(c2)OCO3)c(C)n1-c1ccc2ncccc2c1. The molecule has 0 atom stereocenters. The first-order valence-electron chi connectivity index (χ1n) is 9.17. The van der Waals surface area contributed by atoms with Crippen molar-refractivity contribution >= 4 is 22.8 Å². The third-order valence-electron chi connectivity index (χ3n) is 5.02. The topological polar surface area (TPSA) is 48.6 Å². The monoisotopic (exact) mass is 369 g/mol. The Kier molecular flexibility index (Phi) is 3.86. The first-order valence-corrected chi connectivity index (χ1v) is 9.17. The number of aromatic nitrogens is 2. The molecule has 2 aromatic carbocycles. The molecule has 1 aliphatic rings. The van der Waals surface area contributed by atoms with Crippen molar-refractivity contribution in [1.29, 1.82) is 0 Å². The Morgan fingerprint density at radius 3 is 2.82 bits per heavy atom. The molecule has 0 unspecified atom stereocenters. The Labute approximate surface area is 162 Å². The lowest BCUT2D eigenvalue weighted by atomic mass is 10.2. The van der Waals surface area contributed by atoms with Crippen molar-refractivity contribution in [1.82, 2.24) is 9.55 Å². The van der Waals surface area contributed by atoms with Crippen LogP contribution in [-0.4, -0.2) is 22.6 Å². The summed E-state index contributed by atoms with van der Waals surface area (Å²) in [5.74, 6) is 1.51. The first kappa shape index (κ1) is 16.6. The number of aryl methyl sites for hydroxylation is 1. The second kappa shape index (κ2) is 6.53. The van der Waals surface area contributed by atoms with E-state index in [1.54, 1.807) is 0 Å². The zero-order chi connectivity index (χ0) is 19.1. The van der Waals surface area contributed by atoms with Crippen molar-refractivity contribution < 1.29 is 9.47 Å². The minimum atomic E-state index is 0.269. The van der Waals surface area contributed by atoms with Gasteiger partial charge in [-0.25, -0.2) is 0 Å². The molecule has 0 fully saturated rings. The molecule has 138 valence electrons. The van der Waals surface area contributed by atoms with E-state index < -0.39 is 0 Å². The summed E-state index contributed by atoms with van der Waals surface area (Å²) in [5.41, 5.74) is 6.35. The van der Waals surface area contributed by atoms with Crippen LogP contribution < -0.4 is 9.47 Å². The summed E-state index contributed by atoms with van der Waals surface area (Å²) in [6, 6.07) is 18.3. The fraction of sp³-hybridized carbons (Fsp3) is 0.130. The molecule has 3 heterocycles. The molecule has 1 aliphatic heterocycles. The van der Waals surface area contributed by atoms with Gasteiger partial charge in [-0.3, -0.25) is 9.98 Å². The lowest BCUT2D eigenvalue weighted by Gasteiger charge is -2.10. The van der Waals surface area contributed by atoms with E-state index in [2.05, 4.69) is 58.7 Å². The molecule has 0 saturated carbocycles. The second-order valence-electron chi connectivity index (χ2n) is 6.84. The van der Waals surface area contributed by atoms with Crippen molar-refractivity contribution in [2.24, 2.45) is 4.99 Å². The molecule has 4 aromatic rings. The number of fused-ring (bicyclic) bond motifs is 2. The van der Waals surface area contributed by atoms with Gasteiger partial charge in [0.1, 0.15) is 0 Å². The van der Waals surface area contributed by atoms with Gasteiger partial charge in [-0.05, 0) is 56.3 Å². The molecule has 0 N–H and O–H groups in total. The number of rotatable bonds is 3. The largest absolute Gasteiger partial charge is 0.454 e. The molecule has 5 nitrogen and oxygen atoms in total. The van der Waals surface area contributed by atoms with Crippen LogP contribution in [0.25, 0.3) is 16.6 Å². The smallest absolute Gasteiger partial charge is 0.231 e. The molecule has 0 spiro atoms. The van der Waals surface area contributed by atoms with Crippen LogP contribution in [0.1, 0.15) is 17.0 Å². The predicted octanol–water partition coefficient (Wildman–Crippen LogP) is 5.12. The number of benzene rings is 2. The van der Waals surface area contributed by atoms with Crippen molar-refractivity contribution in [2.45, 2.75) is 13.8 Å². The zero-order valence-corrected chi connectivity index (χ0v) is 15.7. The molecule has 0 bridgehead atoms. The van der Waals surface area contributed by atoms with E-state index in [0.29, 0.717) is 0 Å². The minimum Gasteiger partial charge on any atom is -0.454 e. The Bertz CT molecular complexity index is 1220. The second-order valence-corrected chi connectivity index (χ2v) is 6.84. The molecule has 5 heteroatoms. The van der Waals surface area contributed by atoms with Crippen LogP contribution in [0.4, 0.5) is 5.69 Å². The highest BCUT2D eigenvalue weighted by Crippen LogP contribution is 2.35. The lowest BCUT2D eigenvalue weighted by molar-refractivity contribution is 0.174. The summed E-state index contributed by atoms with van der Waals surface area (Å²) >= 11 is 0. The number of hydrogen-bond donors (Lipinski definition) is 0. The van der Waals surface area contributed by atoms with Crippen molar-refractivity contribution in [3.8, 4) is 17.2 Å². The van der Waals surface area contributed by atoms with Gasteiger partial charge in [-0.2, -0.15) is 0 Å². The number of hydrogen-bond acceptors (Lipinski definition) is 4. The normalized spacial score (nSPS) is 12.9. The number of nitrogens with zero attached hydrogens (tertiary/aromatic N) is 3. The van der Waals surface area contributed by atoms with Crippen molar-refractivity contribution in [3.63, 3.8) is 0 Å². The number of pyridine rings is 1. The van der Waals surface area contributed by atoms with Crippen LogP contribution in [0, 0.1) is 13.8 Å². The van der Waals surface area contributed by atoms with Gasteiger partial charge in [0.05, 0.1) is 11.2 Å². The lowest BCUT2D eigenvalue weighted by Crippen LogP contribution is -1.99. The molecule has 0 radical (unpaired) electrons. The van der Waals surface area contributed by atoms with Gasteiger partial charge in [-0.1, -0.05) is 6.07 Å². The Balaban J connectivity index is 1.50. The summed E-state index contributed by atoms with van der Waals surface area (Å²) < 4.78 is 13.0. The van der Waals surface area contributed by atoms with E-state index in [0.717, 1.165) is 50.7 Å². The minimum absolute atomic E-state index is 0.269. The highest BCUT2D eigenvalue weighted by molar-refractivity contribution is 5.85. The standard InChI is InChI=1S/C23H19N3O2/c1-15-10-18(13-25-19-5-8-22-23(12-19)28-14-27-22)16(2)26(15)20-6-7-21-17(11-20)4-3-9-24-21/h3-13H,14H2,1-2H3. The van der Waals surface area contributed by atoms with Crippen LogP contribution >= 0.6 is 0 Å². The maximum Gasteiger partial charge on any atom is 0.231 e. The third-order valence-corrected chi connectivity index (χ3v) is 5.02. The van der Waals surface area contributed by atoms with Crippen LogP contribution in [0.15, 0.2) is 65.8 Å². The van der Waals surface area contributed by atoms with Gasteiger partial charge < -0.3 is 14.0 Å². The van der Waals surface area contributed by atoms with Gasteiger partial charge in [-0.15, -0.1) is 0 Å². The van der Waals surface area contributed by atoms with Gasteiger partial charge in [0.25, 0.3) is 0 Å². The summed E-state index contributed by atoms with van der Waals surface area (Å²) in [4.78, 5) is 9.03. The van der Waals surface area contributed by atoms with Crippen LogP contribution in [0.3, 0.4) is 0 Å². The van der Waals surface area contributed by atoms with Crippen LogP contribution in [0.2, 0.25) is 0 Å². The molecule has 0 aliphatic carbocycles. The van der Waals surface area contributed by atoms with Gasteiger partial charge in [0, 0.05) is 46.5 Å². The van der Waals surface area contributed by atoms with E-state index in [1.807, 2.05) is 36.7 Å². The average molecular weight is 369 g/mol. The number of aliphatic imine (C=N–C) groups is 1. The molecule has 28 heavy (non-hydrogen) atoms. The summed E-state index contributed by atoms with van der Waals surface area (Å²) in [6.45, 7) is 4.49. The van der Waals surface area contributed by atoms with Crippen molar-refractivity contribution in [3.05, 3.63) is 77.7 Å². The molecule has 0 amide bonds. The van der Waals surface area contributed by atoms with E-state index in [1.165, 1.54) is 0 Å². The maximum absolute atomic E-state index is 5.43. The van der Waals surface area contributed by atoms with Crippen molar-refractivity contribution in [2.75, 3.05) is 6.79 Å². The molecule has 5 rings (SSSR count). The third kappa shape index (κ3) is 2.81.